The summed E-state index contributed by atoms with van der Waals surface area (Å²) in [5.41, 5.74) is 1.95. The molecule has 82 valence electrons. The van der Waals surface area contributed by atoms with E-state index in [9.17, 15) is 4.39 Å². The minimum atomic E-state index is -0.275. The highest BCUT2D eigenvalue weighted by Crippen LogP contribution is 2.30. The Balaban J connectivity index is 2.48. The van der Waals surface area contributed by atoms with Crippen LogP contribution in [0, 0.1) is 5.82 Å². The second-order valence-electron chi connectivity index (χ2n) is 3.44. The lowest BCUT2D eigenvalue weighted by Gasteiger charge is -2.10. The van der Waals surface area contributed by atoms with Gasteiger partial charge in [0.25, 0.3) is 0 Å². The summed E-state index contributed by atoms with van der Waals surface area (Å²) >= 11 is 0. The van der Waals surface area contributed by atoms with E-state index in [2.05, 4.69) is 0 Å². The fraction of sp³-hybridized carbons (Fsp3) is 0.143. The quantitative estimate of drug-likeness (QED) is 0.756. The molecule has 0 radical (unpaired) electrons. The van der Waals surface area contributed by atoms with Gasteiger partial charge in [0.15, 0.2) is 0 Å². The Bertz CT molecular complexity index is 465. The largest absolute Gasteiger partial charge is 0.493 e. The van der Waals surface area contributed by atoms with Gasteiger partial charge in [0.05, 0.1) is 6.61 Å². The van der Waals surface area contributed by atoms with E-state index < -0.39 is 0 Å². The molecule has 0 aliphatic carbocycles. The number of hydrogen-bond acceptors (Lipinski definition) is 1. The van der Waals surface area contributed by atoms with Crippen molar-refractivity contribution < 1.29 is 9.13 Å². The van der Waals surface area contributed by atoms with Crippen molar-refractivity contribution in [3.05, 3.63) is 54.3 Å². The lowest BCUT2D eigenvalue weighted by Crippen LogP contribution is -1.94. The van der Waals surface area contributed by atoms with E-state index in [1.54, 1.807) is 6.07 Å². The standard InChI is InChI=1S/C14H13FO/c1-2-16-14-10-12(15)8-9-13(14)11-6-4-3-5-7-11/h3-10H,2H2,1H3. The Labute approximate surface area is 94.5 Å². The topological polar surface area (TPSA) is 9.23 Å². The molecule has 2 aromatic rings. The minimum Gasteiger partial charge on any atom is -0.493 e. The zero-order chi connectivity index (χ0) is 11.4. The Morgan fingerprint density at radius 3 is 2.50 bits per heavy atom. The molecule has 0 unspecified atom stereocenters. The van der Waals surface area contributed by atoms with Crippen molar-refractivity contribution in [1.82, 2.24) is 0 Å². The average Bonchev–Trinajstić information content (AvgIpc) is 2.31. The van der Waals surface area contributed by atoms with Crippen molar-refractivity contribution in [3.8, 4) is 16.9 Å². The van der Waals surface area contributed by atoms with Gasteiger partial charge in [0.2, 0.25) is 0 Å². The SMILES string of the molecule is CCOc1cc(F)ccc1-c1ccccc1. The van der Waals surface area contributed by atoms with Gasteiger partial charge in [0.1, 0.15) is 11.6 Å². The molecule has 0 fully saturated rings. The second-order valence-corrected chi connectivity index (χ2v) is 3.44. The number of benzene rings is 2. The smallest absolute Gasteiger partial charge is 0.130 e. The van der Waals surface area contributed by atoms with Crippen LogP contribution in [0.3, 0.4) is 0 Å². The Morgan fingerprint density at radius 1 is 1.06 bits per heavy atom. The first-order valence-corrected chi connectivity index (χ1v) is 5.29. The van der Waals surface area contributed by atoms with Gasteiger partial charge in [-0.3, -0.25) is 0 Å². The molecule has 16 heavy (non-hydrogen) atoms. The maximum atomic E-state index is 13.1. The Kier molecular flexibility index (Phi) is 3.20. The maximum Gasteiger partial charge on any atom is 0.130 e. The van der Waals surface area contributed by atoms with Gasteiger partial charge in [-0.05, 0) is 24.6 Å². The van der Waals surface area contributed by atoms with Crippen LogP contribution in [0.5, 0.6) is 5.75 Å². The molecule has 1 nitrogen and oxygen atoms in total. The third-order valence-corrected chi connectivity index (χ3v) is 2.33. The summed E-state index contributed by atoms with van der Waals surface area (Å²) in [5, 5.41) is 0. The molecule has 2 rings (SSSR count). The van der Waals surface area contributed by atoms with E-state index in [-0.39, 0.29) is 5.82 Å². The van der Waals surface area contributed by atoms with E-state index >= 15 is 0 Å². The van der Waals surface area contributed by atoms with Crippen LogP contribution in [0.25, 0.3) is 11.1 Å². The number of hydrogen-bond donors (Lipinski definition) is 0. The molecule has 0 aliphatic rings. The van der Waals surface area contributed by atoms with Gasteiger partial charge in [-0.2, -0.15) is 0 Å². The molecule has 0 spiro atoms. The average molecular weight is 216 g/mol. The molecule has 0 heterocycles. The Hall–Kier alpha value is -1.83. The second kappa shape index (κ2) is 4.79. The number of ether oxygens (including phenoxy) is 1. The molecule has 0 bridgehead atoms. The highest BCUT2D eigenvalue weighted by molar-refractivity contribution is 5.70. The predicted molar refractivity (Wildman–Crippen MR) is 63.0 cm³/mol. The molecule has 0 aromatic heterocycles. The molecule has 0 saturated carbocycles. The van der Waals surface area contributed by atoms with Gasteiger partial charge in [-0.25, -0.2) is 4.39 Å². The first kappa shape index (κ1) is 10.7. The van der Waals surface area contributed by atoms with Gasteiger partial charge in [-0.1, -0.05) is 30.3 Å². The monoisotopic (exact) mass is 216 g/mol. The summed E-state index contributed by atoms with van der Waals surface area (Å²) in [6.45, 7) is 2.42. The van der Waals surface area contributed by atoms with Crippen molar-refractivity contribution in [2.45, 2.75) is 6.92 Å². The van der Waals surface area contributed by atoms with Crippen molar-refractivity contribution >= 4 is 0 Å². The van der Waals surface area contributed by atoms with E-state index in [1.165, 1.54) is 12.1 Å². The summed E-state index contributed by atoms with van der Waals surface area (Å²) in [5.74, 6) is 0.317. The van der Waals surface area contributed by atoms with Crippen LogP contribution < -0.4 is 4.74 Å². The molecule has 0 amide bonds. The lowest BCUT2D eigenvalue weighted by molar-refractivity contribution is 0.339. The van der Waals surface area contributed by atoms with E-state index in [4.69, 9.17) is 4.74 Å². The molecule has 2 aromatic carbocycles. The highest BCUT2D eigenvalue weighted by Gasteiger charge is 2.06. The molecule has 2 heteroatoms. The fourth-order valence-electron chi connectivity index (χ4n) is 1.63. The zero-order valence-corrected chi connectivity index (χ0v) is 9.11. The first-order valence-electron chi connectivity index (χ1n) is 5.29. The van der Waals surface area contributed by atoms with Crippen LogP contribution in [-0.4, -0.2) is 6.61 Å². The van der Waals surface area contributed by atoms with Crippen LogP contribution in [0.2, 0.25) is 0 Å². The highest BCUT2D eigenvalue weighted by atomic mass is 19.1. The van der Waals surface area contributed by atoms with Gasteiger partial charge >= 0.3 is 0 Å². The van der Waals surface area contributed by atoms with Crippen molar-refractivity contribution in [1.29, 1.82) is 0 Å². The van der Waals surface area contributed by atoms with Crippen LogP contribution in [-0.2, 0) is 0 Å². The third kappa shape index (κ3) is 2.22. The molecule has 0 aliphatic heterocycles. The van der Waals surface area contributed by atoms with Crippen LogP contribution in [0.4, 0.5) is 4.39 Å². The minimum absolute atomic E-state index is 0.275. The maximum absolute atomic E-state index is 13.1. The van der Waals surface area contributed by atoms with Crippen molar-refractivity contribution in [2.24, 2.45) is 0 Å². The molecular formula is C14H13FO. The Morgan fingerprint density at radius 2 is 1.81 bits per heavy atom. The van der Waals surface area contributed by atoms with Gasteiger partial charge in [0, 0.05) is 11.6 Å². The zero-order valence-electron chi connectivity index (χ0n) is 9.11. The summed E-state index contributed by atoms with van der Waals surface area (Å²) in [6.07, 6.45) is 0. The molecule has 0 saturated heterocycles. The number of halogens is 1. The molecule has 0 atom stereocenters. The summed E-state index contributed by atoms with van der Waals surface area (Å²) in [6, 6.07) is 14.4. The lowest BCUT2D eigenvalue weighted by atomic mass is 10.0. The predicted octanol–water partition coefficient (Wildman–Crippen LogP) is 3.89. The normalized spacial score (nSPS) is 10.1. The molecule has 0 N–H and O–H groups in total. The number of rotatable bonds is 3. The van der Waals surface area contributed by atoms with Gasteiger partial charge in [-0.15, -0.1) is 0 Å². The van der Waals surface area contributed by atoms with Crippen LogP contribution >= 0.6 is 0 Å². The summed E-state index contributed by atoms with van der Waals surface area (Å²) in [7, 11) is 0. The first-order chi connectivity index (χ1) is 7.81. The summed E-state index contributed by atoms with van der Waals surface area (Å²) in [4.78, 5) is 0. The summed E-state index contributed by atoms with van der Waals surface area (Å²) < 4.78 is 18.5. The van der Waals surface area contributed by atoms with Crippen LogP contribution in [0.15, 0.2) is 48.5 Å². The van der Waals surface area contributed by atoms with E-state index in [1.807, 2.05) is 37.3 Å². The molecular weight excluding hydrogens is 203 g/mol. The van der Waals surface area contributed by atoms with E-state index in [0.29, 0.717) is 12.4 Å². The third-order valence-electron chi connectivity index (χ3n) is 2.33. The van der Waals surface area contributed by atoms with Crippen LogP contribution in [0.1, 0.15) is 6.92 Å². The van der Waals surface area contributed by atoms with Crippen molar-refractivity contribution in [3.63, 3.8) is 0 Å². The fourth-order valence-corrected chi connectivity index (χ4v) is 1.63. The van der Waals surface area contributed by atoms with Gasteiger partial charge < -0.3 is 4.74 Å². The van der Waals surface area contributed by atoms with Crippen molar-refractivity contribution in [2.75, 3.05) is 6.61 Å². The van der Waals surface area contributed by atoms with E-state index in [0.717, 1.165) is 11.1 Å².